The molecule has 0 aromatic carbocycles. The third-order valence-electron chi connectivity index (χ3n) is 1.09. The van der Waals surface area contributed by atoms with Crippen LogP contribution in [0.2, 0.25) is 0 Å². The summed E-state index contributed by atoms with van der Waals surface area (Å²) in [5, 5.41) is 2.53. The van der Waals surface area contributed by atoms with E-state index in [1.807, 2.05) is 0 Å². The molecule has 0 atom stereocenters. The van der Waals surface area contributed by atoms with Crippen molar-refractivity contribution < 1.29 is 17.6 Å². The van der Waals surface area contributed by atoms with Gasteiger partial charge in [0, 0.05) is 13.0 Å². The molecule has 11 heavy (non-hydrogen) atoms. The van der Waals surface area contributed by atoms with Gasteiger partial charge in [-0.05, 0) is 13.0 Å². The summed E-state index contributed by atoms with van der Waals surface area (Å²) in [6, 6.07) is 0. The van der Waals surface area contributed by atoms with Crippen molar-refractivity contribution in [1.29, 1.82) is 0 Å². The molecule has 0 unspecified atom stereocenters. The zero-order chi connectivity index (χ0) is 8.74. The summed E-state index contributed by atoms with van der Waals surface area (Å²) < 4.78 is 45.8. The van der Waals surface area contributed by atoms with Crippen LogP contribution in [0.5, 0.6) is 0 Å². The number of rotatable bonds is 5. The highest BCUT2D eigenvalue weighted by atomic mass is 19.4. The van der Waals surface area contributed by atoms with Gasteiger partial charge in [-0.2, -0.15) is 13.2 Å². The van der Waals surface area contributed by atoms with Crippen molar-refractivity contribution in [3.8, 4) is 0 Å². The second-order valence-electron chi connectivity index (χ2n) is 2.16. The Bertz CT molecular complexity index is 91.1. The smallest absolute Gasteiger partial charge is 0.314 e. The Morgan fingerprint density at radius 1 is 1.09 bits per heavy atom. The zero-order valence-electron chi connectivity index (χ0n) is 6.05. The fourth-order valence-corrected chi connectivity index (χ4v) is 0.606. The summed E-state index contributed by atoms with van der Waals surface area (Å²) in [6.07, 6.45) is -4.87. The molecule has 0 saturated carbocycles. The average Bonchev–Trinajstić information content (AvgIpc) is 1.85. The highest BCUT2D eigenvalue weighted by Crippen LogP contribution is 2.20. The third kappa shape index (κ3) is 9.68. The fraction of sp³-hybridized carbons (Fsp3) is 1.00. The number of alkyl halides is 4. The predicted molar refractivity (Wildman–Crippen MR) is 34.1 cm³/mol. The molecule has 68 valence electrons. The van der Waals surface area contributed by atoms with Gasteiger partial charge in [0.2, 0.25) is 0 Å². The van der Waals surface area contributed by atoms with Gasteiger partial charge >= 0.3 is 6.18 Å². The van der Waals surface area contributed by atoms with Crippen molar-refractivity contribution in [3.63, 3.8) is 0 Å². The molecule has 0 rings (SSSR count). The summed E-state index contributed by atoms with van der Waals surface area (Å²) in [4.78, 5) is 0. The lowest BCUT2D eigenvalue weighted by atomic mass is 10.3. The molecule has 5 heteroatoms. The molecule has 0 aliphatic heterocycles. The molecule has 0 saturated heterocycles. The molecule has 0 fully saturated rings. The molecular formula is C6H11F4N. The van der Waals surface area contributed by atoms with E-state index < -0.39 is 19.3 Å². The molecule has 0 aliphatic carbocycles. The maximum Gasteiger partial charge on any atom is 0.389 e. The van der Waals surface area contributed by atoms with Crippen LogP contribution in [0.3, 0.4) is 0 Å². The number of halogens is 4. The summed E-state index contributed by atoms with van der Waals surface area (Å²) in [6.45, 7) is -0.173. The van der Waals surface area contributed by atoms with E-state index in [2.05, 4.69) is 5.32 Å². The van der Waals surface area contributed by atoms with E-state index in [0.29, 0.717) is 0 Å². The zero-order valence-corrected chi connectivity index (χ0v) is 6.05. The van der Waals surface area contributed by atoms with Crippen LogP contribution < -0.4 is 5.32 Å². The first-order chi connectivity index (χ1) is 5.06. The van der Waals surface area contributed by atoms with Crippen LogP contribution in [-0.2, 0) is 0 Å². The van der Waals surface area contributed by atoms with E-state index in [1.54, 1.807) is 0 Å². The quantitative estimate of drug-likeness (QED) is 0.494. The minimum Gasteiger partial charge on any atom is -0.314 e. The highest BCUT2D eigenvalue weighted by molar-refractivity contribution is 4.53. The van der Waals surface area contributed by atoms with Gasteiger partial charge in [0.05, 0.1) is 0 Å². The minimum atomic E-state index is -4.09. The van der Waals surface area contributed by atoms with E-state index in [-0.39, 0.29) is 19.5 Å². The second kappa shape index (κ2) is 5.35. The molecule has 0 spiro atoms. The van der Waals surface area contributed by atoms with Crippen LogP contribution in [0.25, 0.3) is 0 Å². The van der Waals surface area contributed by atoms with Crippen LogP contribution in [0.1, 0.15) is 12.8 Å². The minimum absolute atomic E-state index is 0.0174. The molecule has 0 aromatic heterocycles. The Labute approximate surface area is 62.8 Å². The van der Waals surface area contributed by atoms with Crippen LogP contribution >= 0.6 is 0 Å². The number of nitrogens with one attached hydrogen (secondary N) is 1. The lowest BCUT2D eigenvalue weighted by Crippen LogP contribution is -2.20. The number of hydrogen-bond donors (Lipinski definition) is 1. The van der Waals surface area contributed by atoms with Gasteiger partial charge in [-0.15, -0.1) is 0 Å². The van der Waals surface area contributed by atoms with Crippen molar-refractivity contribution in [1.82, 2.24) is 5.32 Å². The lowest BCUT2D eigenvalue weighted by Gasteiger charge is -2.05. The number of hydrogen-bond acceptors (Lipinski definition) is 1. The van der Waals surface area contributed by atoms with Crippen molar-refractivity contribution in [2.24, 2.45) is 0 Å². The summed E-state index contributed by atoms with van der Waals surface area (Å²) >= 11 is 0. The summed E-state index contributed by atoms with van der Waals surface area (Å²) in [5.74, 6) is 0. The molecule has 0 bridgehead atoms. The van der Waals surface area contributed by atoms with Gasteiger partial charge < -0.3 is 5.32 Å². The first-order valence-electron chi connectivity index (χ1n) is 3.39. The summed E-state index contributed by atoms with van der Waals surface area (Å²) in [7, 11) is 0. The van der Waals surface area contributed by atoms with Crippen molar-refractivity contribution in [2.45, 2.75) is 19.0 Å². The van der Waals surface area contributed by atoms with E-state index >= 15 is 0 Å². The SMILES string of the molecule is FCCNCCCC(F)(F)F. The standard InChI is InChI=1S/C6H11F4N/c7-3-5-11-4-1-2-6(8,9)10/h11H,1-5H2. The normalized spacial score (nSPS) is 12.0. The fourth-order valence-electron chi connectivity index (χ4n) is 0.606. The van der Waals surface area contributed by atoms with Gasteiger partial charge in [0.1, 0.15) is 6.67 Å². The average molecular weight is 173 g/mol. The second-order valence-corrected chi connectivity index (χ2v) is 2.16. The van der Waals surface area contributed by atoms with Gasteiger partial charge in [-0.25, -0.2) is 4.39 Å². The molecule has 1 nitrogen and oxygen atoms in total. The predicted octanol–water partition coefficient (Wildman–Crippen LogP) is 1.89. The van der Waals surface area contributed by atoms with Gasteiger partial charge in [-0.1, -0.05) is 0 Å². The van der Waals surface area contributed by atoms with Crippen LogP contribution in [0.4, 0.5) is 17.6 Å². The summed E-state index contributed by atoms with van der Waals surface area (Å²) in [5.41, 5.74) is 0. The third-order valence-corrected chi connectivity index (χ3v) is 1.09. The topological polar surface area (TPSA) is 12.0 Å². The van der Waals surface area contributed by atoms with Crippen LogP contribution in [-0.4, -0.2) is 25.9 Å². The molecule has 0 aliphatic rings. The molecule has 0 radical (unpaired) electrons. The Morgan fingerprint density at radius 3 is 2.18 bits per heavy atom. The Morgan fingerprint density at radius 2 is 1.73 bits per heavy atom. The van der Waals surface area contributed by atoms with Crippen molar-refractivity contribution in [2.75, 3.05) is 19.8 Å². The molecule has 0 amide bonds. The maximum atomic E-state index is 11.5. The first kappa shape index (κ1) is 10.7. The van der Waals surface area contributed by atoms with Crippen LogP contribution in [0, 0.1) is 0 Å². The van der Waals surface area contributed by atoms with E-state index in [4.69, 9.17) is 0 Å². The molecule has 1 N–H and O–H groups in total. The van der Waals surface area contributed by atoms with Gasteiger partial charge in [0.15, 0.2) is 0 Å². The molecule has 0 heterocycles. The highest BCUT2D eigenvalue weighted by Gasteiger charge is 2.25. The Kier molecular flexibility index (Phi) is 5.19. The van der Waals surface area contributed by atoms with Gasteiger partial charge in [0.25, 0.3) is 0 Å². The molecule has 0 aromatic rings. The van der Waals surface area contributed by atoms with E-state index in [1.165, 1.54) is 0 Å². The van der Waals surface area contributed by atoms with Crippen molar-refractivity contribution in [3.05, 3.63) is 0 Å². The lowest BCUT2D eigenvalue weighted by molar-refractivity contribution is -0.135. The van der Waals surface area contributed by atoms with E-state index in [9.17, 15) is 17.6 Å². The van der Waals surface area contributed by atoms with Crippen LogP contribution in [0.15, 0.2) is 0 Å². The Hall–Kier alpha value is -0.320. The molecular weight excluding hydrogens is 162 g/mol. The Balaban J connectivity index is 3.02. The largest absolute Gasteiger partial charge is 0.389 e. The first-order valence-corrected chi connectivity index (χ1v) is 3.39. The monoisotopic (exact) mass is 173 g/mol. The van der Waals surface area contributed by atoms with E-state index in [0.717, 1.165) is 0 Å². The van der Waals surface area contributed by atoms with Crippen molar-refractivity contribution >= 4 is 0 Å². The van der Waals surface area contributed by atoms with Gasteiger partial charge in [-0.3, -0.25) is 0 Å². The maximum absolute atomic E-state index is 11.5.